The number of halogens is 4. The summed E-state index contributed by atoms with van der Waals surface area (Å²) < 4.78 is 46.3. The number of aromatic hydroxyl groups is 1. The van der Waals surface area contributed by atoms with Crippen LogP contribution in [0.2, 0.25) is 5.02 Å². The Morgan fingerprint density at radius 2 is 1.65 bits per heavy atom. The number of benzene rings is 3. The van der Waals surface area contributed by atoms with Crippen LogP contribution in [0.15, 0.2) is 91.4 Å². The first-order chi connectivity index (χ1) is 26.2. The van der Waals surface area contributed by atoms with Crippen LogP contribution in [-0.2, 0) is 6.18 Å². The number of pyridine rings is 1. The summed E-state index contributed by atoms with van der Waals surface area (Å²) in [6, 6.07) is 18.9. The number of alkyl halides is 3. The van der Waals surface area contributed by atoms with Crippen molar-refractivity contribution in [2.45, 2.75) is 26.1 Å². The fourth-order valence-corrected chi connectivity index (χ4v) is 5.60. The van der Waals surface area contributed by atoms with E-state index in [-0.39, 0.29) is 29.1 Å². The molecule has 3 amide bonds. The maximum absolute atomic E-state index is 12.9. The highest BCUT2D eigenvalue weighted by molar-refractivity contribution is 6.31. The molecule has 7 aromatic rings. The molecule has 7 N–H and O–H groups in total. The molecule has 0 atom stereocenters. The van der Waals surface area contributed by atoms with Crippen molar-refractivity contribution in [2.75, 3.05) is 23.4 Å². The van der Waals surface area contributed by atoms with Gasteiger partial charge < -0.3 is 36.5 Å². The number of hydrogen-bond acceptors (Lipinski definition) is 9. The monoisotopic (exact) mass is 772 g/mol. The number of nitrogens with one attached hydrogen (secondary N) is 4. The number of nitrogen functional groups attached to an aromatic ring is 1. The molecule has 4 heterocycles. The Labute approximate surface area is 315 Å². The molecule has 282 valence electrons. The van der Waals surface area contributed by atoms with Gasteiger partial charge in [-0.25, -0.2) is 19.4 Å². The molecule has 0 spiro atoms. The number of phenols is 1. The number of H-pyrrole nitrogens is 1. The van der Waals surface area contributed by atoms with Gasteiger partial charge in [0, 0.05) is 47.6 Å². The van der Waals surface area contributed by atoms with E-state index in [1.165, 1.54) is 31.7 Å². The third kappa shape index (κ3) is 8.68. The molecule has 0 saturated heterocycles. The highest BCUT2D eigenvalue weighted by atomic mass is 35.5. The Morgan fingerprint density at radius 3 is 2.36 bits per heavy atom. The van der Waals surface area contributed by atoms with Crippen LogP contribution in [0.25, 0.3) is 33.3 Å². The number of rotatable bonds is 7. The number of fused-ring (bicyclic) bond motifs is 2. The Hall–Kier alpha value is -6.88. The molecule has 55 heavy (non-hydrogen) atoms. The topological polar surface area (TPSA) is 198 Å². The molecule has 0 radical (unpaired) electrons. The first kappa shape index (κ1) is 37.9. The third-order valence-corrected chi connectivity index (χ3v) is 8.26. The zero-order valence-corrected chi connectivity index (χ0v) is 30.0. The SMILES string of the molecule is CC(C)n1nc(-c2cc3cc(O)ccc3[nH]2)c2c(N)ncnc21.CNC(=O)c1cc(Oc2ccc(NC(=O)Nc3ccc(Cl)c(C(F)(F)F)c3)cc2)ccn1. The van der Waals surface area contributed by atoms with Crippen molar-refractivity contribution in [2.24, 2.45) is 0 Å². The van der Waals surface area contributed by atoms with Crippen molar-refractivity contribution in [3.05, 3.63) is 108 Å². The maximum atomic E-state index is 12.9. The van der Waals surface area contributed by atoms with E-state index in [4.69, 9.17) is 22.1 Å². The Bertz CT molecular complexity index is 2520. The van der Waals surface area contributed by atoms with Gasteiger partial charge in [-0.3, -0.25) is 9.78 Å². The lowest BCUT2D eigenvalue weighted by molar-refractivity contribution is -0.137. The smallest absolute Gasteiger partial charge is 0.417 e. The van der Waals surface area contributed by atoms with Gasteiger partial charge in [-0.2, -0.15) is 18.3 Å². The third-order valence-electron chi connectivity index (χ3n) is 7.94. The molecule has 0 aliphatic carbocycles. The molecule has 0 aliphatic heterocycles. The van der Waals surface area contributed by atoms with E-state index >= 15 is 0 Å². The number of urea groups is 1. The molecular formula is C37H32ClF3N10O4. The molecule has 3 aromatic carbocycles. The predicted molar refractivity (Wildman–Crippen MR) is 202 cm³/mol. The minimum atomic E-state index is -4.64. The molecule has 4 aromatic heterocycles. The zero-order chi connectivity index (χ0) is 39.4. The standard InChI is InChI=1S/C21H16ClF3N4O3.C16H16N6O/c1-26-19(30)18-11-15(8-9-27-18)32-14-5-2-12(3-6-14)28-20(31)29-13-4-7-17(22)16(10-13)21(23,24)25;1-8(2)22-16-13(15(17)18-7-19-16)14(21-22)12-6-9-5-10(23)3-4-11(9)20-12/h2-11H,1H3,(H,26,30)(H2,28,29,31);3-8,20,23H,1-2H3,(H2,17,18,19). The van der Waals surface area contributed by atoms with Crippen LogP contribution >= 0.6 is 11.6 Å². The number of amides is 3. The molecule has 0 bridgehead atoms. The van der Waals surface area contributed by atoms with Gasteiger partial charge in [0.1, 0.15) is 40.8 Å². The van der Waals surface area contributed by atoms with Crippen molar-refractivity contribution in [1.29, 1.82) is 0 Å². The van der Waals surface area contributed by atoms with Gasteiger partial charge in [0.05, 0.1) is 21.7 Å². The van der Waals surface area contributed by atoms with Gasteiger partial charge in [0.25, 0.3) is 5.91 Å². The Balaban J connectivity index is 0.000000196. The normalized spacial score (nSPS) is 11.3. The fourth-order valence-electron chi connectivity index (χ4n) is 5.37. The molecule has 0 fully saturated rings. The number of nitrogens with zero attached hydrogens (tertiary/aromatic N) is 5. The van der Waals surface area contributed by atoms with Crippen molar-refractivity contribution in [3.8, 4) is 28.6 Å². The number of phenolic OH excluding ortho intramolecular Hbond substituents is 1. The number of ether oxygens (including phenoxy) is 1. The van der Waals surface area contributed by atoms with E-state index in [9.17, 15) is 27.9 Å². The number of carbonyl (C=O) groups is 2. The summed E-state index contributed by atoms with van der Waals surface area (Å²) in [5.74, 6) is 1.09. The van der Waals surface area contributed by atoms with Crippen molar-refractivity contribution in [1.82, 2.24) is 35.0 Å². The van der Waals surface area contributed by atoms with Crippen LogP contribution in [0, 0.1) is 0 Å². The molecule has 0 saturated carbocycles. The quantitative estimate of drug-likeness (QED) is 0.0921. The van der Waals surface area contributed by atoms with Gasteiger partial charge in [-0.1, -0.05) is 11.6 Å². The number of nitrogens with two attached hydrogens (primary N) is 1. The number of aromatic amines is 1. The summed E-state index contributed by atoms with van der Waals surface area (Å²) in [6.45, 7) is 4.08. The van der Waals surface area contributed by atoms with E-state index < -0.39 is 22.8 Å². The van der Waals surface area contributed by atoms with Crippen LogP contribution in [0.3, 0.4) is 0 Å². The van der Waals surface area contributed by atoms with E-state index in [2.05, 4.69) is 41.0 Å². The summed E-state index contributed by atoms with van der Waals surface area (Å²) >= 11 is 5.57. The first-order valence-electron chi connectivity index (χ1n) is 16.4. The van der Waals surface area contributed by atoms with Crippen LogP contribution in [0.4, 0.5) is 35.2 Å². The predicted octanol–water partition coefficient (Wildman–Crippen LogP) is 8.39. The maximum Gasteiger partial charge on any atom is 0.417 e. The number of carbonyl (C=O) groups excluding carboxylic acids is 2. The van der Waals surface area contributed by atoms with Crippen molar-refractivity contribution in [3.63, 3.8) is 0 Å². The second-order valence-electron chi connectivity index (χ2n) is 12.2. The summed E-state index contributed by atoms with van der Waals surface area (Å²) in [5.41, 5.74) is 8.68. The lowest BCUT2D eigenvalue weighted by atomic mass is 10.2. The second kappa shape index (κ2) is 15.6. The lowest BCUT2D eigenvalue weighted by Crippen LogP contribution is -2.19. The highest BCUT2D eigenvalue weighted by Gasteiger charge is 2.33. The largest absolute Gasteiger partial charge is 0.508 e. The number of hydrogen-bond donors (Lipinski definition) is 6. The van der Waals surface area contributed by atoms with Gasteiger partial charge in [-0.15, -0.1) is 0 Å². The average Bonchev–Trinajstić information content (AvgIpc) is 3.75. The fraction of sp³-hybridized carbons (Fsp3) is 0.135. The van der Waals surface area contributed by atoms with Gasteiger partial charge in [0.15, 0.2) is 5.65 Å². The molecule has 0 unspecified atom stereocenters. The molecule has 7 rings (SSSR count). The summed E-state index contributed by atoms with van der Waals surface area (Å²) in [4.78, 5) is 39.4. The molecular weight excluding hydrogens is 741 g/mol. The van der Waals surface area contributed by atoms with E-state index in [0.29, 0.717) is 34.3 Å². The van der Waals surface area contributed by atoms with Crippen LogP contribution in [-0.4, -0.2) is 53.8 Å². The lowest BCUT2D eigenvalue weighted by Gasteiger charge is -2.12. The molecule has 0 aliphatic rings. The van der Waals surface area contributed by atoms with E-state index in [1.807, 2.05) is 30.7 Å². The Morgan fingerprint density at radius 1 is 0.927 bits per heavy atom. The molecule has 14 nitrogen and oxygen atoms in total. The van der Waals surface area contributed by atoms with E-state index in [1.54, 1.807) is 42.5 Å². The minimum Gasteiger partial charge on any atom is -0.508 e. The minimum absolute atomic E-state index is 0.0659. The summed E-state index contributed by atoms with van der Waals surface area (Å²) in [6.07, 6.45) is -1.76. The highest BCUT2D eigenvalue weighted by Crippen LogP contribution is 2.37. The number of anilines is 3. The summed E-state index contributed by atoms with van der Waals surface area (Å²) in [7, 11) is 1.49. The summed E-state index contributed by atoms with van der Waals surface area (Å²) in [5, 5.41) is 22.8. The van der Waals surface area contributed by atoms with E-state index in [0.717, 1.165) is 34.1 Å². The van der Waals surface area contributed by atoms with Crippen LogP contribution in [0.5, 0.6) is 17.2 Å². The van der Waals surface area contributed by atoms with Gasteiger partial charge in [0.2, 0.25) is 0 Å². The van der Waals surface area contributed by atoms with Crippen molar-refractivity contribution >= 4 is 62.7 Å². The van der Waals surface area contributed by atoms with Crippen molar-refractivity contribution < 1.29 is 32.6 Å². The Kier molecular flexibility index (Phi) is 10.7. The zero-order valence-electron chi connectivity index (χ0n) is 29.2. The molecule has 18 heteroatoms. The van der Waals surface area contributed by atoms with Gasteiger partial charge >= 0.3 is 12.2 Å². The number of aromatic nitrogens is 6. The van der Waals surface area contributed by atoms with Gasteiger partial charge in [-0.05, 0) is 86.6 Å². The van der Waals surface area contributed by atoms with Crippen LogP contribution in [0.1, 0.15) is 35.9 Å². The van der Waals surface area contributed by atoms with Crippen LogP contribution < -0.4 is 26.4 Å². The second-order valence-corrected chi connectivity index (χ2v) is 12.6. The average molecular weight is 773 g/mol. The first-order valence-corrected chi connectivity index (χ1v) is 16.8.